The Bertz CT molecular complexity index is 202. The van der Waals surface area contributed by atoms with Gasteiger partial charge in [0.25, 0.3) is 0 Å². The summed E-state index contributed by atoms with van der Waals surface area (Å²) >= 11 is 0. The Labute approximate surface area is 114 Å². The predicted octanol–water partition coefficient (Wildman–Crippen LogP) is 4.14. The molecule has 0 radical (unpaired) electrons. The molecule has 18 heavy (non-hydrogen) atoms. The zero-order valence-electron chi connectivity index (χ0n) is 12.9. The zero-order valence-corrected chi connectivity index (χ0v) is 12.9. The van der Waals surface area contributed by atoms with Gasteiger partial charge in [-0.1, -0.05) is 52.9 Å². The van der Waals surface area contributed by atoms with Crippen LogP contribution in [-0.2, 0) is 4.74 Å². The molecule has 0 aromatic rings. The highest BCUT2D eigenvalue weighted by Gasteiger charge is 2.42. The normalized spacial score (nSPS) is 21.2. The predicted molar refractivity (Wildman–Crippen MR) is 79.0 cm³/mol. The Morgan fingerprint density at radius 1 is 1.00 bits per heavy atom. The molecule has 0 bridgehead atoms. The Kier molecular flexibility index (Phi) is 7.25. The van der Waals surface area contributed by atoms with Crippen molar-refractivity contribution in [3.8, 4) is 0 Å². The van der Waals surface area contributed by atoms with Crippen molar-refractivity contribution in [3.63, 3.8) is 0 Å². The third-order valence-electron chi connectivity index (χ3n) is 4.64. The molecular weight excluding hydrogens is 222 g/mol. The van der Waals surface area contributed by atoms with Crippen LogP contribution in [0.2, 0.25) is 0 Å². The average molecular weight is 255 g/mol. The number of hydrogen-bond acceptors (Lipinski definition) is 2. The van der Waals surface area contributed by atoms with Crippen molar-refractivity contribution in [1.29, 1.82) is 0 Å². The number of nitrogens with one attached hydrogen (secondary N) is 1. The molecule has 2 heteroatoms. The largest absolute Gasteiger partial charge is 0.374 e. The van der Waals surface area contributed by atoms with E-state index in [2.05, 4.69) is 33.0 Å². The summed E-state index contributed by atoms with van der Waals surface area (Å²) in [5.41, 5.74) is 0.111. The molecule has 0 heterocycles. The van der Waals surface area contributed by atoms with Gasteiger partial charge in [0, 0.05) is 12.6 Å². The monoisotopic (exact) mass is 255 g/mol. The van der Waals surface area contributed by atoms with Crippen molar-refractivity contribution in [1.82, 2.24) is 5.32 Å². The van der Waals surface area contributed by atoms with Crippen LogP contribution in [0.25, 0.3) is 0 Å². The minimum atomic E-state index is 0.111. The van der Waals surface area contributed by atoms with E-state index in [1.807, 2.05) is 0 Å². The Morgan fingerprint density at radius 3 is 2.06 bits per heavy atom. The number of ether oxygens (including phenoxy) is 1. The molecule has 1 N–H and O–H groups in total. The van der Waals surface area contributed by atoms with E-state index < -0.39 is 0 Å². The van der Waals surface area contributed by atoms with Crippen LogP contribution in [0.4, 0.5) is 0 Å². The summed E-state index contributed by atoms with van der Waals surface area (Å²) in [6.45, 7) is 10.9. The molecule has 0 amide bonds. The lowest BCUT2D eigenvalue weighted by atomic mass is 9.73. The van der Waals surface area contributed by atoms with Crippen molar-refractivity contribution in [2.75, 3.05) is 13.2 Å². The fourth-order valence-corrected chi connectivity index (χ4v) is 3.75. The van der Waals surface area contributed by atoms with Crippen molar-refractivity contribution in [2.45, 2.75) is 84.3 Å². The third-order valence-corrected chi connectivity index (χ3v) is 4.64. The maximum atomic E-state index is 6.31. The molecule has 1 fully saturated rings. The van der Waals surface area contributed by atoms with Crippen LogP contribution < -0.4 is 5.32 Å². The minimum absolute atomic E-state index is 0.111. The molecule has 0 spiro atoms. The molecule has 1 aliphatic carbocycles. The van der Waals surface area contributed by atoms with Crippen molar-refractivity contribution in [2.24, 2.45) is 5.92 Å². The highest BCUT2D eigenvalue weighted by Crippen LogP contribution is 2.38. The van der Waals surface area contributed by atoms with Crippen LogP contribution >= 0.6 is 0 Å². The van der Waals surface area contributed by atoms with Crippen LogP contribution in [-0.4, -0.2) is 24.8 Å². The minimum Gasteiger partial charge on any atom is -0.374 e. The van der Waals surface area contributed by atoms with Gasteiger partial charge in [-0.05, 0) is 32.2 Å². The second-order valence-electron chi connectivity index (χ2n) is 5.67. The summed E-state index contributed by atoms with van der Waals surface area (Å²) in [5.74, 6) is 0.745. The van der Waals surface area contributed by atoms with Gasteiger partial charge < -0.3 is 10.1 Å². The number of rotatable bonds is 8. The summed E-state index contributed by atoms with van der Waals surface area (Å²) < 4.78 is 6.31. The van der Waals surface area contributed by atoms with Gasteiger partial charge in [-0.25, -0.2) is 0 Å². The second kappa shape index (κ2) is 8.16. The van der Waals surface area contributed by atoms with E-state index in [0.717, 1.165) is 19.1 Å². The maximum absolute atomic E-state index is 6.31. The molecule has 1 unspecified atom stereocenters. The van der Waals surface area contributed by atoms with E-state index in [0.29, 0.717) is 6.04 Å². The highest BCUT2D eigenvalue weighted by atomic mass is 16.5. The fourth-order valence-electron chi connectivity index (χ4n) is 3.75. The van der Waals surface area contributed by atoms with Crippen LogP contribution in [0.3, 0.4) is 0 Å². The second-order valence-corrected chi connectivity index (χ2v) is 5.67. The summed E-state index contributed by atoms with van der Waals surface area (Å²) in [5, 5.41) is 3.75. The number of likely N-dealkylation sites (N-methyl/N-ethyl adjacent to an activating group) is 1. The molecular formula is C16H33NO. The van der Waals surface area contributed by atoms with Gasteiger partial charge >= 0.3 is 0 Å². The van der Waals surface area contributed by atoms with Gasteiger partial charge in [-0.2, -0.15) is 0 Å². The van der Waals surface area contributed by atoms with Gasteiger partial charge in [0.1, 0.15) is 0 Å². The molecule has 0 aromatic heterocycles. The smallest absolute Gasteiger partial charge is 0.0837 e. The van der Waals surface area contributed by atoms with E-state index >= 15 is 0 Å². The number of hydrogen-bond donors (Lipinski definition) is 1. The lowest BCUT2D eigenvalue weighted by Gasteiger charge is -2.46. The van der Waals surface area contributed by atoms with Crippen LogP contribution in [0.15, 0.2) is 0 Å². The van der Waals surface area contributed by atoms with Crippen molar-refractivity contribution in [3.05, 3.63) is 0 Å². The molecule has 1 aliphatic rings. The summed E-state index contributed by atoms with van der Waals surface area (Å²) in [7, 11) is 0. The first-order valence-electron chi connectivity index (χ1n) is 8.11. The lowest BCUT2D eigenvalue weighted by Crippen LogP contribution is -2.57. The Hall–Kier alpha value is -0.0800. The van der Waals surface area contributed by atoms with Crippen LogP contribution in [0.5, 0.6) is 0 Å². The van der Waals surface area contributed by atoms with Gasteiger partial charge in [0.05, 0.1) is 5.60 Å². The van der Waals surface area contributed by atoms with Crippen LogP contribution in [0, 0.1) is 5.92 Å². The van der Waals surface area contributed by atoms with Gasteiger partial charge in [-0.15, -0.1) is 0 Å². The molecule has 1 atom stereocenters. The standard InChI is InChI=1S/C16H33NO/c1-5-14(6-2)15(17-7-3)16(18-8-4)12-10-9-11-13-16/h14-15,17H,5-13H2,1-4H3. The summed E-state index contributed by atoms with van der Waals surface area (Å²) in [4.78, 5) is 0. The fraction of sp³-hybridized carbons (Fsp3) is 1.00. The van der Waals surface area contributed by atoms with E-state index in [4.69, 9.17) is 4.74 Å². The topological polar surface area (TPSA) is 21.3 Å². The summed E-state index contributed by atoms with van der Waals surface area (Å²) in [6, 6.07) is 0.540. The highest BCUT2D eigenvalue weighted by molar-refractivity contribution is 4.98. The van der Waals surface area contributed by atoms with E-state index in [1.165, 1.54) is 44.9 Å². The Morgan fingerprint density at radius 2 is 1.61 bits per heavy atom. The molecule has 108 valence electrons. The molecule has 1 rings (SSSR count). The quantitative estimate of drug-likeness (QED) is 0.704. The van der Waals surface area contributed by atoms with Gasteiger partial charge in [0.2, 0.25) is 0 Å². The molecule has 1 saturated carbocycles. The Balaban J connectivity index is 2.88. The summed E-state index contributed by atoms with van der Waals surface area (Å²) in [6.07, 6.45) is 9.05. The SMILES string of the molecule is CCNC(C(CC)CC)C1(OCC)CCCCC1. The lowest BCUT2D eigenvalue weighted by molar-refractivity contribution is -0.103. The van der Waals surface area contributed by atoms with E-state index in [-0.39, 0.29) is 5.60 Å². The first-order chi connectivity index (χ1) is 8.74. The van der Waals surface area contributed by atoms with Crippen LogP contribution in [0.1, 0.15) is 72.6 Å². The molecule has 0 aliphatic heterocycles. The van der Waals surface area contributed by atoms with E-state index in [9.17, 15) is 0 Å². The first kappa shape index (κ1) is 16.0. The van der Waals surface area contributed by atoms with Gasteiger partial charge in [0.15, 0.2) is 0 Å². The van der Waals surface area contributed by atoms with Gasteiger partial charge in [-0.3, -0.25) is 0 Å². The third kappa shape index (κ3) is 3.71. The average Bonchev–Trinajstić information content (AvgIpc) is 2.40. The zero-order chi connectivity index (χ0) is 13.4. The molecule has 2 nitrogen and oxygen atoms in total. The molecule has 0 aromatic carbocycles. The van der Waals surface area contributed by atoms with Crippen molar-refractivity contribution >= 4 is 0 Å². The maximum Gasteiger partial charge on any atom is 0.0837 e. The van der Waals surface area contributed by atoms with Crippen molar-refractivity contribution < 1.29 is 4.74 Å². The van der Waals surface area contributed by atoms with E-state index in [1.54, 1.807) is 0 Å². The molecule has 0 saturated heterocycles. The first-order valence-corrected chi connectivity index (χ1v) is 8.11.